The molecule has 10 unspecified atom stereocenters. The molecular weight excluding hydrogens is 1980 g/mol. The molecule has 9 amide bonds. The fourth-order valence-electron chi connectivity index (χ4n) is 17.0. The van der Waals surface area contributed by atoms with Gasteiger partial charge in [0.2, 0.25) is 53.2 Å². The summed E-state index contributed by atoms with van der Waals surface area (Å²) in [5.74, 6) is -5.71. The second-order valence-corrected chi connectivity index (χ2v) is 39.7. The summed E-state index contributed by atoms with van der Waals surface area (Å²) in [5.41, 5.74) is 0.802. The number of benzene rings is 1. The molecule has 4 rings (SSSR count). The van der Waals surface area contributed by atoms with E-state index in [1.165, 1.54) is 66.2 Å². The molecule has 2 saturated heterocycles. The second kappa shape index (κ2) is 80.2. The molecule has 2 aliphatic heterocycles. The van der Waals surface area contributed by atoms with E-state index in [0.29, 0.717) is 89.0 Å². The lowest BCUT2D eigenvalue weighted by Crippen LogP contribution is -2.59. The van der Waals surface area contributed by atoms with Crippen molar-refractivity contribution in [3.05, 3.63) is 35.9 Å². The predicted molar refractivity (Wildman–Crippen MR) is 556 cm³/mol. The van der Waals surface area contributed by atoms with E-state index in [2.05, 4.69) is 26.6 Å². The molecule has 45 heteroatoms. The van der Waals surface area contributed by atoms with E-state index >= 15 is 0 Å². The van der Waals surface area contributed by atoms with Gasteiger partial charge in [-0.15, -0.1) is 11.8 Å². The van der Waals surface area contributed by atoms with Crippen LogP contribution in [0.5, 0.6) is 0 Å². The predicted octanol–water partition coefficient (Wildman–Crippen LogP) is 5.89. The number of ketones is 1. The lowest BCUT2D eigenvalue weighted by Gasteiger charge is -2.41. The van der Waals surface area contributed by atoms with E-state index in [-0.39, 0.29) is 220 Å². The Bertz CT molecular complexity index is 3990. The van der Waals surface area contributed by atoms with E-state index in [4.69, 9.17) is 86.7 Å². The van der Waals surface area contributed by atoms with Gasteiger partial charge < -0.3 is 133 Å². The van der Waals surface area contributed by atoms with Gasteiger partial charge in [-0.05, 0) is 140 Å². The number of nitrogens with zero attached hydrogens (tertiary/aromatic N) is 4. The number of aliphatic hydroxyl groups excluding tert-OH is 5. The molecule has 1 aliphatic carbocycles. The average molecular weight is 2160 g/mol. The number of ether oxygens (including phenoxy) is 14. The van der Waals surface area contributed by atoms with Gasteiger partial charge in [0, 0.05) is 145 Å². The van der Waals surface area contributed by atoms with E-state index < -0.39 is 145 Å². The minimum Gasteiger partial charge on any atom is -0.481 e. The number of amides is 9. The normalized spacial score (nSPS) is 18.4. The molecule has 864 valence electrons. The van der Waals surface area contributed by atoms with Crippen LogP contribution in [0.4, 0.5) is 0 Å². The SMILES string of the molecule is CCC(=O)C1CCC(CN2C(=O)CC(SCCNC(=O)CCCC(=O)OCC(OC)OC(CC)CO)C2=O)CC1.CCC(CO)OC(CO)OC.CCC(CO)OC(COC(=O)CCCC(=O)NC(C)C(=O)OCCCNC(=O)[C@H](Cc1ccccc1)NC(=O)[C@H](C)[C@@H](OC)[C@@H]1CCCN1C(=O)C[C@@H](OC)[C@H]([C@@H](C)CC)N(C)C(=O)[C@@H](NC(=O)[C@H](C(C)C)N(C)C)C(C)C)OC.CCC(CO)OC(COC(=O)CCCC(=O)O)OC. The Labute approximate surface area is 891 Å². The maximum absolute atomic E-state index is 14.5. The van der Waals surface area contributed by atoms with E-state index in [1.807, 2.05) is 125 Å². The monoisotopic (exact) mass is 2160 g/mol. The van der Waals surface area contributed by atoms with Crippen LogP contribution in [0.3, 0.4) is 0 Å². The zero-order valence-electron chi connectivity index (χ0n) is 93.0. The number of methoxy groups -OCH3 is 6. The summed E-state index contributed by atoms with van der Waals surface area (Å²) in [7, 11) is 14.1. The Morgan fingerprint density at radius 1 is 0.520 bits per heavy atom. The van der Waals surface area contributed by atoms with Gasteiger partial charge in [-0.1, -0.05) is 120 Å². The summed E-state index contributed by atoms with van der Waals surface area (Å²) in [4.78, 5) is 197. The molecule has 3 fully saturated rings. The first-order chi connectivity index (χ1) is 71.4. The van der Waals surface area contributed by atoms with Crippen molar-refractivity contribution in [2.75, 3.05) is 155 Å². The van der Waals surface area contributed by atoms with Crippen LogP contribution in [0.1, 0.15) is 250 Å². The molecule has 3 aliphatic rings. The largest absolute Gasteiger partial charge is 0.481 e. The molecule has 0 aromatic heterocycles. The molecule has 11 N–H and O–H groups in total. The Morgan fingerprint density at radius 3 is 1.46 bits per heavy atom. The fraction of sp³-hybridized carbons (Fsp3) is 0.800. The van der Waals surface area contributed by atoms with Gasteiger partial charge in [-0.3, -0.25) is 76.9 Å². The van der Waals surface area contributed by atoms with Gasteiger partial charge in [0.15, 0.2) is 25.2 Å². The fourth-order valence-corrected chi connectivity index (χ4v) is 18.0. The number of likely N-dealkylation sites (tertiary alicyclic amines) is 2. The number of carboxylic acids is 1. The number of esters is 4. The zero-order chi connectivity index (χ0) is 113. The lowest BCUT2D eigenvalue weighted by atomic mass is 9.79. The van der Waals surface area contributed by atoms with Crippen molar-refractivity contribution in [1.29, 1.82) is 0 Å². The summed E-state index contributed by atoms with van der Waals surface area (Å²) in [6.45, 7) is 24.4. The molecule has 150 heavy (non-hydrogen) atoms. The molecule has 2 heterocycles. The van der Waals surface area contributed by atoms with Gasteiger partial charge in [-0.25, -0.2) is 4.79 Å². The number of hydrogen-bond acceptors (Lipinski definition) is 36. The number of Topliss-reactive ketones (excluding diaryl/α,β-unsaturated/α-hetero) is 1. The standard InChI is InChI=1S/C58H99N7O15.C28H46N2O9S.C12H22O7.C7H16O4/c1-16-38(7)52(64(12)57(73)50(36(3)4)62-56(72)51(37(5)6)63(10)11)45(75-13)33-47(68)65-30-22-26-44(65)53(77-15)39(8)54(70)61-43(32-41-24-19-18-20-25-41)55(71)59-29-23-31-78-58(74)40(9)60-46(67)27-21-28-48(69)79-35-49(76-14)80-42(17-2)34-66;1-4-21(17-31)39-27(37-3)18-38-26(35)8-6-7-24(33)29-13-14-40-23-15-25(34)30(28(23)36)16-19-9-11-20(12-10-19)22(32)5-2;1-3-9(7-13)19-12(17-2)8-18-11(16)6-4-5-10(14)15;1-3-6(4-8)11-7(5-9)10-2/h18-20,24-25,36-40,42-45,49-53,66H,16-17,21-23,26-35H2,1-15H3,(H,59,71)(H,60,67)(H,61,70)(H,62,72);19-21,23,27,31H,4-18H2,1-3H3,(H,29,33);9,12-13H,3-8H2,1-2H3,(H,14,15);6-9H,3-5H2,1-2H3/t38-,39+,40?,42?,43-,44-,45+,49?,50-,51-,52-,53+;;;/m0.../s1. The molecule has 1 saturated carbocycles. The maximum atomic E-state index is 14.5. The van der Waals surface area contributed by atoms with Gasteiger partial charge in [-0.2, -0.15) is 0 Å². The summed E-state index contributed by atoms with van der Waals surface area (Å²) >= 11 is 1.37. The average Bonchev–Trinajstić information content (AvgIpc) is 1.65. The summed E-state index contributed by atoms with van der Waals surface area (Å²) in [6.07, 6.45) is 3.79. The highest BCUT2D eigenvalue weighted by Crippen LogP contribution is 2.35. The molecule has 44 nitrogen and oxygen atoms in total. The van der Waals surface area contributed by atoms with Crippen LogP contribution in [0, 0.1) is 35.5 Å². The quantitative estimate of drug-likeness (QED) is 0.0119. The summed E-state index contributed by atoms with van der Waals surface area (Å²) in [5, 5.41) is 67.0. The third-order valence-electron chi connectivity index (χ3n) is 26.2. The van der Waals surface area contributed by atoms with Crippen LogP contribution in [0.2, 0.25) is 0 Å². The first-order valence-corrected chi connectivity index (χ1v) is 53.9. The lowest BCUT2D eigenvalue weighted by molar-refractivity contribution is -0.194. The third kappa shape index (κ3) is 54.5. The number of thioether (sulfide) groups is 1. The van der Waals surface area contributed by atoms with Gasteiger partial charge in [0.05, 0.1) is 112 Å². The Balaban J connectivity index is 0.00000130. The molecule has 1 aromatic carbocycles. The van der Waals surface area contributed by atoms with Crippen molar-refractivity contribution in [3.63, 3.8) is 0 Å². The number of aliphatic hydroxyl groups is 5. The topological polar surface area (TPSA) is 580 Å². The number of hydrogen-bond donors (Lipinski definition) is 11. The van der Waals surface area contributed by atoms with Crippen molar-refractivity contribution >= 4 is 101 Å². The zero-order valence-corrected chi connectivity index (χ0v) is 93.8. The van der Waals surface area contributed by atoms with Crippen LogP contribution < -0.4 is 26.6 Å². The van der Waals surface area contributed by atoms with Gasteiger partial charge >= 0.3 is 29.8 Å². The number of carbonyl (C=O) groups is 15. The van der Waals surface area contributed by atoms with Gasteiger partial charge in [0.25, 0.3) is 0 Å². The maximum Gasteiger partial charge on any atom is 0.328 e. The van der Waals surface area contributed by atoms with Gasteiger partial charge in [0.1, 0.15) is 43.7 Å². The van der Waals surface area contributed by atoms with Crippen LogP contribution >= 0.6 is 11.8 Å². The smallest absolute Gasteiger partial charge is 0.328 e. The first kappa shape index (κ1) is 139. The number of aliphatic carboxylic acids is 1. The first-order valence-electron chi connectivity index (χ1n) is 52.8. The van der Waals surface area contributed by atoms with Crippen molar-refractivity contribution in [2.24, 2.45) is 35.5 Å². The van der Waals surface area contributed by atoms with Crippen molar-refractivity contribution in [2.45, 2.75) is 354 Å². The third-order valence-corrected chi connectivity index (χ3v) is 27.4. The Hall–Kier alpha value is -8.62. The van der Waals surface area contributed by atoms with Crippen LogP contribution in [0.15, 0.2) is 30.3 Å². The summed E-state index contributed by atoms with van der Waals surface area (Å²) < 4.78 is 74.1. The number of likely N-dealkylation sites (N-methyl/N-ethyl adjacent to an activating group) is 2. The highest BCUT2D eigenvalue weighted by molar-refractivity contribution is 8.00. The van der Waals surface area contributed by atoms with Crippen LogP contribution in [0.25, 0.3) is 0 Å². The van der Waals surface area contributed by atoms with Crippen molar-refractivity contribution in [3.8, 4) is 0 Å². The minimum atomic E-state index is -1.000. The molecular formula is C105H183N9O35S. The Morgan fingerprint density at radius 2 is 1.02 bits per heavy atom. The number of carboxylic acid groups (broad SMARTS) is 1. The highest BCUT2D eigenvalue weighted by atomic mass is 32.2. The highest BCUT2D eigenvalue weighted by Gasteiger charge is 2.46. The van der Waals surface area contributed by atoms with Crippen molar-refractivity contribution < 1.29 is 169 Å². The summed E-state index contributed by atoms with van der Waals surface area (Å²) in [6, 6.07) is 4.97. The number of carbonyl (C=O) groups excluding carboxylic acids is 14. The Kier molecular flexibility index (Phi) is 74.5. The minimum absolute atomic E-state index is 0.00492. The molecule has 19 atom stereocenters. The number of rotatable bonds is 74. The van der Waals surface area contributed by atoms with Crippen molar-refractivity contribution in [1.82, 2.24) is 46.2 Å². The van der Waals surface area contributed by atoms with Crippen LogP contribution in [-0.4, -0.2) is 398 Å². The van der Waals surface area contributed by atoms with E-state index in [0.717, 1.165) is 31.2 Å². The second-order valence-electron chi connectivity index (χ2n) is 38.4. The molecule has 0 bridgehead atoms. The number of nitrogens with one attached hydrogen (secondary N) is 5. The van der Waals surface area contributed by atoms with E-state index in [9.17, 15) is 82.1 Å². The number of imide groups is 1. The molecule has 0 spiro atoms. The van der Waals surface area contributed by atoms with Crippen LogP contribution in [-0.2, 0) is 145 Å². The molecule has 0 radical (unpaired) electrons. The molecule has 1 aromatic rings. The van der Waals surface area contributed by atoms with E-state index in [1.54, 1.807) is 23.8 Å².